The third kappa shape index (κ3) is 2.98. The van der Waals surface area contributed by atoms with E-state index in [-0.39, 0.29) is 0 Å². The zero-order chi connectivity index (χ0) is 12.1. The average Bonchev–Trinajstić information content (AvgIpc) is 2.78. The minimum atomic E-state index is 0.369. The van der Waals surface area contributed by atoms with Gasteiger partial charge in [-0.2, -0.15) is 0 Å². The van der Waals surface area contributed by atoms with Crippen LogP contribution in [0.2, 0.25) is 0 Å². The fourth-order valence-electron chi connectivity index (χ4n) is 2.17. The van der Waals surface area contributed by atoms with Crippen LogP contribution >= 0.6 is 0 Å². The molecule has 2 nitrogen and oxygen atoms in total. The molecular weight excluding hydrogens is 210 g/mol. The Balaban J connectivity index is 2.00. The van der Waals surface area contributed by atoms with Gasteiger partial charge in [0.2, 0.25) is 0 Å². The van der Waals surface area contributed by atoms with Crippen LogP contribution in [0.1, 0.15) is 29.3 Å². The normalized spacial score (nSPS) is 12.6. The smallest absolute Gasteiger partial charge is 0.105 e. The number of hydrogen-bond acceptors (Lipinski definition) is 2. The largest absolute Gasteiger partial charge is 0.469 e. The third-order valence-electron chi connectivity index (χ3n) is 3.19. The lowest BCUT2D eigenvalue weighted by Crippen LogP contribution is -2.17. The summed E-state index contributed by atoms with van der Waals surface area (Å²) in [6.07, 6.45) is 3.93. The standard InChI is InChI=1S/C15H19NO/c1-12-14(10-11-17-12)15(16-2)9-8-13-6-4-3-5-7-13/h3-7,10-11,15-16H,8-9H2,1-2H3. The van der Waals surface area contributed by atoms with Crippen LogP contribution in [0.25, 0.3) is 0 Å². The van der Waals surface area contributed by atoms with Crippen LogP contribution in [0.15, 0.2) is 47.1 Å². The van der Waals surface area contributed by atoms with E-state index in [1.807, 2.05) is 14.0 Å². The van der Waals surface area contributed by atoms with E-state index in [4.69, 9.17) is 4.42 Å². The van der Waals surface area contributed by atoms with Crippen LogP contribution in [0, 0.1) is 6.92 Å². The Labute approximate surface area is 103 Å². The number of rotatable bonds is 5. The summed E-state index contributed by atoms with van der Waals surface area (Å²) in [6, 6.07) is 13.0. The number of nitrogens with one attached hydrogen (secondary N) is 1. The Kier molecular flexibility index (Phi) is 3.99. The first kappa shape index (κ1) is 11.9. The predicted octanol–water partition coefficient (Wildman–Crippen LogP) is 3.48. The Morgan fingerprint density at radius 2 is 1.94 bits per heavy atom. The van der Waals surface area contributed by atoms with Crippen molar-refractivity contribution in [2.75, 3.05) is 7.05 Å². The maximum atomic E-state index is 5.36. The van der Waals surface area contributed by atoms with Gasteiger partial charge in [0.25, 0.3) is 0 Å². The van der Waals surface area contributed by atoms with Crippen molar-refractivity contribution in [3.63, 3.8) is 0 Å². The molecule has 17 heavy (non-hydrogen) atoms. The lowest BCUT2D eigenvalue weighted by atomic mass is 10.00. The van der Waals surface area contributed by atoms with Crippen molar-refractivity contribution < 1.29 is 4.42 Å². The first-order valence-electron chi connectivity index (χ1n) is 6.06. The summed E-state index contributed by atoms with van der Waals surface area (Å²) in [5.41, 5.74) is 2.65. The maximum absolute atomic E-state index is 5.36. The Hall–Kier alpha value is -1.54. The third-order valence-corrected chi connectivity index (χ3v) is 3.19. The summed E-state index contributed by atoms with van der Waals surface area (Å²) in [7, 11) is 2.00. The highest BCUT2D eigenvalue weighted by atomic mass is 16.3. The van der Waals surface area contributed by atoms with E-state index in [0.717, 1.165) is 18.6 Å². The fourth-order valence-corrected chi connectivity index (χ4v) is 2.17. The Morgan fingerprint density at radius 3 is 2.53 bits per heavy atom. The van der Waals surface area contributed by atoms with Crippen molar-refractivity contribution >= 4 is 0 Å². The highest BCUT2D eigenvalue weighted by molar-refractivity contribution is 5.21. The SMILES string of the molecule is CNC(CCc1ccccc1)c1ccoc1C. The number of hydrogen-bond donors (Lipinski definition) is 1. The van der Waals surface area contributed by atoms with Crippen molar-refractivity contribution in [2.45, 2.75) is 25.8 Å². The zero-order valence-corrected chi connectivity index (χ0v) is 10.4. The van der Waals surface area contributed by atoms with Gasteiger partial charge < -0.3 is 9.73 Å². The number of furan rings is 1. The van der Waals surface area contributed by atoms with Crippen molar-refractivity contribution in [1.29, 1.82) is 0 Å². The van der Waals surface area contributed by atoms with E-state index in [0.29, 0.717) is 6.04 Å². The van der Waals surface area contributed by atoms with Crippen molar-refractivity contribution in [3.05, 3.63) is 59.5 Å². The summed E-state index contributed by atoms with van der Waals surface area (Å²) in [5, 5.41) is 3.36. The van der Waals surface area contributed by atoms with E-state index in [9.17, 15) is 0 Å². The van der Waals surface area contributed by atoms with Gasteiger partial charge in [-0.15, -0.1) is 0 Å². The second-order valence-corrected chi connectivity index (χ2v) is 4.30. The molecule has 1 N–H and O–H groups in total. The van der Waals surface area contributed by atoms with Gasteiger partial charge in [0.1, 0.15) is 5.76 Å². The molecule has 1 heterocycles. The highest BCUT2D eigenvalue weighted by Crippen LogP contribution is 2.22. The molecule has 1 atom stereocenters. The summed E-state index contributed by atoms with van der Waals surface area (Å²) < 4.78 is 5.36. The molecule has 0 radical (unpaired) electrons. The Bertz CT molecular complexity index is 447. The van der Waals surface area contributed by atoms with Gasteiger partial charge in [-0.05, 0) is 38.4 Å². The average molecular weight is 229 g/mol. The zero-order valence-electron chi connectivity index (χ0n) is 10.4. The summed E-state index contributed by atoms with van der Waals surface area (Å²) in [5.74, 6) is 1.01. The van der Waals surface area contributed by atoms with Gasteiger partial charge in [-0.3, -0.25) is 0 Å². The molecule has 1 aromatic heterocycles. The van der Waals surface area contributed by atoms with E-state index in [2.05, 4.69) is 41.7 Å². The lowest BCUT2D eigenvalue weighted by Gasteiger charge is -2.15. The number of benzene rings is 1. The second kappa shape index (κ2) is 5.69. The molecule has 2 heteroatoms. The molecule has 0 bridgehead atoms. The van der Waals surface area contributed by atoms with Crippen LogP contribution in [0.3, 0.4) is 0 Å². The molecule has 0 aliphatic carbocycles. The van der Waals surface area contributed by atoms with Gasteiger partial charge in [-0.25, -0.2) is 0 Å². The molecular formula is C15H19NO. The summed E-state index contributed by atoms with van der Waals surface area (Å²) in [6.45, 7) is 2.02. The minimum absolute atomic E-state index is 0.369. The van der Waals surface area contributed by atoms with Gasteiger partial charge >= 0.3 is 0 Å². The molecule has 1 unspecified atom stereocenters. The summed E-state index contributed by atoms with van der Waals surface area (Å²) in [4.78, 5) is 0. The minimum Gasteiger partial charge on any atom is -0.469 e. The molecule has 90 valence electrons. The topological polar surface area (TPSA) is 25.2 Å². The van der Waals surface area contributed by atoms with Crippen LogP contribution in [-0.4, -0.2) is 7.05 Å². The molecule has 0 spiro atoms. The van der Waals surface area contributed by atoms with Gasteiger partial charge in [0, 0.05) is 11.6 Å². The molecule has 0 amide bonds. The maximum Gasteiger partial charge on any atom is 0.105 e. The van der Waals surface area contributed by atoms with E-state index in [1.165, 1.54) is 11.1 Å². The first-order chi connectivity index (χ1) is 8.31. The molecule has 0 fully saturated rings. The van der Waals surface area contributed by atoms with Crippen molar-refractivity contribution in [3.8, 4) is 0 Å². The Morgan fingerprint density at radius 1 is 1.18 bits per heavy atom. The number of aryl methyl sites for hydroxylation is 2. The van der Waals surface area contributed by atoms with E-state index >= 15 is 0 Å². The van der Waals surface area contributed by atoms with E-state index in [1.54, 1.807) is 6.26 Å². The van der Waals surface area contributed by atoms with Gasteiger partial charge in [0.15, 0.2) is 0 Å². The van der Waals surface area contributed by atoms with Gasteiger partial charge in [0.05, 0.1) is 6.26 Å². The molecule has 0 aliphatic rings. The van der Waals surface area contributed by atoms with Crippen LogP contribution in [-0.2, 0) is 6.42 Å². The van der Waals surface area contributed by atoms with Gasteiger partial charge in [-0.1, -0.05) is 30.3 Å². The van der Waals surface area contributed by atoms with Crippen molar-refractivity contribution in [2.24, 2.45) is 0 Å². The lowest BCUT2D eigenvalue weighted by molar-refractivity contribution is 0.501. The van der Waals surface area contributed by atoms with Crippen molar-refractivity contribution in [1.82, 2.24) is 5.32 Å². The first-order valence-corrected chi connectivity index (χ1v) is 6.06. The van der Waals surface area contributed by atoms with Crippen LogP contribution in [0.4, 0.5) is 0 Å². The molecule has 2 aromatic rings. The highest BCUT2D eigenvalue weighted by Gasteiger charge is 2.13. The molecule has 2 rings (SSSR count). The molecule has 1 aromatic carbocycles. The monoisotopic (exact) mass is 229 g/mol. The predicted molar refractivity (Wildman–Crippen MR) is 70.0 cm³/mol. The molecule has 0 aliphatic heterocycles. The fraction of sp³-hybridized carbons (Fsp3) is 0.333. The van der Waals surface area contributed by atoms with Crippen LogP contribution in [0.5, 0.6) is 0 Å². The van der Waals surface area contributed by atoms with E-state index < -0.39 is 0 Å². The molecule has 0 saturated heterocycles. The van der Waals surface area contributed by atoms with Crippen LogP contribution < -0.4 is 5.32 Å². The molecule has 0 saturated carbocycles. The quantitative estimate of drug-likeness (QED) is 0.849. The summed E-state index contributed by atoms with van der Waals surface area (Å²) >= 11 is 0. The second-order valence-electron chi connectivity index (χ2n) is 4.30.